The Morgan fingerprint density at radius 3 is 2.57 bits per heavy atom. The van der Waals surface area contributed by atoms with E-state index in [0.717, 1.165) is 13.0 Å². The largest absolute Gasteiger partial charge is 0.381 e. The fraction of sp³-hybridized carbons (Fsp3) is 0.800. The van der Waals surface area contributed by atoms with Gasteiger partial charge in [0.1, 0.15) is 0 Å². The number of rotatable bonds is 7. The first kappa shape index (κ1) is 11.0. The highest BCUT2D eigenvalue weighted by molar-refractivity contribution is 5.19. The maximum Gasteiger partial charge on any atom is 0.165 e. The van der Waals surface area contributed by atoms with Crippen LogP contribution in [0.5, 0.6) is 0 Å². The topological polar surface area (TPSA) is 56.7 Å². The Hall–Kier alpha value is -1.06. The Bertz CT molecular complexity index is 244. The van der Waals surface area contributed by atoms with Crippen molar-refractivity contribution in [1.29, 1.82) is 0 Å². The third kappa shape index (κ3) is 4.25. The summed E-state index contributed by atoms with van der Waals surface area (Å²) < 4.78 is 0. The molecule has 0 spiro atoms. The first-order chi connectivity index (χ1) is 6.83. The lowest BCUT2D eigenvalue weighted by Gasteiger charge is -2.00. The second-order valence-electron chi connectivity index (χ2n) is 3.63. The van der Waals surface area contributed by atoms with Crippen LogP contribution in [0.3, 0.4) is 0 Å². The van der Waals surface area contributed by atoms with Gasteiger partial charge in [-0.2, -0.15) is 9.90 Å². The third-order valence-corrected chi connectivity index (χ3v) is 2.27. The highest BCUT2D eigenvalue weighted by Gasteiger charge is 1.95. The van der Waals surface area contributed by atoms with Gasteiger partial charge in [-0.15, -0.1) is 5.10 Å². The number of nitrogens with two attached hydrogens (primary N) is 1. The van der Waals surface area contributed by atoms with Crippen molar-refractivity contribution in [3.05, 3.63) is 6.20 Å². The summed E-state index contributed by atoms with van der Waals surface area (Å²) in [7, 11) is 0. The molecule has 0 aromatic carbocycles. The van der Waals surface area contributed by atoms with E-state index in [2.05, 4.69) is 17.1 Å². The maximum absolute atomic E-state index is 5.45. The number of unbranched alkanes of at least 4 members (excludes halogenated alkanes) is 5. The zero-order valence-corrected chi connectivity index (χ0v) is 8.95. The Morgan fingerprint density at radius 1 is 1.21 bits per heavy atom. The SMILES string of the molecule is CCCCCCCCn1ncc(N)n1. The van der Waals surface area contributed by atoms with Crippen molar-refractivity contribution in [3.63, 3.8) is 0 Å². The van der Waals surface area contributed by atoms with Crippen LogP contribution in [-0.2, 0) is 6.54 Å². The van der Waals surface area contributed by atoms with Crippen molar-refractivity contribution in [2.75, 3.05) is 5.73 Å². The molecule has 4 heteroatoms. The van der Waals surface area contributed by atoms with Crippen LogP contribution in [0.4, 0.5) is 5.82 Å². The van der Waals surface area contributed by atoms with E-state index in [1.54, 1.807) is 11.0 Å². The molecule has 1 aromatic heterocycles. The molecular formula is C10H20N4. The number of hydrogen-bond acceptors (Lipinski definition) is 3. The molecule has 2 N–H and O–H groups in total. The molecule has 0 unspecified atom stereocenters. The molecule has 0 amide bonds. The van der Waals surface area contributed by atoms with Crippen LogP contribution in [0.1, 0.15) is 45.4 Å². The summed E-state index contributed by atoms with van der Waals surface area (Å²) in [5.41, 5.74) is 5.45. The highest BCUT2D eigenvalue weighted by Crippen LogP contribution is 2.05. The minimum Gasteiger partial charge on any atom is -0.381 e. The van der Waals surface area contributed by atoms with Crippen LogP contribution < -0.4 is 5.73 Å². The predicted octanol–water partition coefficient (Wildman–Crippen LogP) is 2.22. The van der Waals surface area contributed by atoms with Gasteiger partial charge in [0, 0.05) is 0 Å². The third-order valence-electron chi connectivity index (χ3n) is 2.27. The average Bonchev–Trinajstić information content (AvgIpc) is 2.58. The van der Waals surface area contributed by atoms with Crippen LogP contribution in [-0.4, -0.2) is 15.0 Å². The molecule has 0 atom stereocenters. The van der Waals surface area contributed by atoms with Gasteiger partial charge >= 0.3 is 0 Å². The van der Waals surface area contributed by atoms with Crippen LogP contribution in [0.2, 0.25) is 0 Å². The van der Waals surface area contributed by atoms with E-state index in [1.165, 1.54) is 32.1 Å². The van der Waals surface area contributed by atoms with E-state index in [9.17, 15) is 0 Å². The summed E-state index contributed by atoms with van der Waals surface area (Å²) in [6, 6.07) is 0. The number of aromatic nitrogens is 3. The van der Waals surface area contributed by atoms with Crippen LogP contribution in [0.25, 0.3) is 0 Å². The maximum atomic E-state index is 5.45. The fourth-order valence-electron chi connectivity index (χ4n) is 1.45. The summed E-state index contributed by atoms with van der Waals surface area (Å²) in [6.07, 6.45) is 9.34. The summed E-state index contributed by atoms with van der Waals surface area (Å²) in [6.45, 7) is 3.12. The van der Waals surface area contributed by atoms with Gasteiger partial charge in [-0.05, 0) is 6.42 Å². The molecule has 80 valence electrons. The van der Waals surface area contributed by atoms with Gasteiger partial charge < -0.3 is 5.73 Å². The zero-order valence-electron chi connectivity index (χ0n) is 8.95. The van der Waals surface area contributed by atoms with E-state index < -0.39 is 0 Å². The van der Waals surface area contributed by atoms with Crippen LogP contribution in [0, 0.1) is 0 Å². The Labute approximate surface area is 85.5 Å². The molecule has 1 aromatic rings. The molecule has 4 nitrogen and oxygen atoms in total. The first-order valence-electron chi connectivity index (χ1n) is 5.48. The van der Waals surface area contributed by atoms with Crippen molar-refractivity contribution in [2.24, 2.45) is 0 Å². The van der Waals surface area contributed by atoms with Crippen molar-refractivity contribution in [2.45, 2.75) is 52.0 Å². The van der Waals surface area contributed by atoms with Gasteiger partial charge in [-0.1, -0.05) is 39.0 Å². The second-order valence-corrected chi connectivity index (χ2v) is 3.63. The quantitative estimate of drug-likeness (QED) is 0.680. The normalized spacial score (nSPS) is 10.6. The van der Waals surface area contributed by atoms with Gasteiger partial charge in [-0.25, -0.2) is 0 Å². The number of nitrogens with zero attached hydrogens (tertiary/aromatic N) is 3. The molecule has 0 aliphatic carbocycles. The molecule has 0 bridgehead atoms. The minimum absolute atomic E-state index is 0.510. The Kier molecular flexibility index (Phi) is 5.04. The zero-order chi connectivity index (χ0) is 10.2. The van der Waals surface area contributed by atoms with Gasteiger partial charge in [0.2, 0.25) is 0 Å². The number of nitrogen functional groups attached to an aromatic ring is 1. The molecule has 14 heavy (non-hydrogen) atoms. The summed E-state index contributed by atoms with van der Waals surface area (Å²) >= 11 is 0. The molecule has 0 aliphatic rings. The van der Waals surface area contributed by atoms with E-state index >= 15 is 0 Å². The lowest BCUT2D eigenvalue weighted by atomic mass is 10.1. The van der Waals surface area contributed by atoms with E-state index in [-0.39, 0.29) is 0 Å². The number of anilines is 1. The number of hydrogen-bond donors (Lipinski definition) is 1. The van der Waals surface area contributed by atoms with Gasteiger partial charge in [0.05, 0.1) is 12.7 Å². The van der Waals surface area contributed by atoms with E-state index in [1.807, 2.05) is 0 Å². The molecule has 1 rings (SSSR count). The summed E-state index contributed by atoms with van der Waals surface area (Å²) in [4.78, 5) is 1.68. The molecular weight excluding hydrogens is 176 g/mol. The monoisotopic (exact) mass is 196 g/mol. The molecule has 0 aliphatic heterocycles. The molecule has 1 heterocycles. The van der Waals surface area contributed by atoms with E-state index in [4.69, 9.17) is 5.73 Å². The summed E-state index contributed by atoms with van der Waals surface area (Å²) in [5.74, 6) is 0.510. The fourth-order valence-corrected chi connectivity index (χ4v) is 1.45. The van der Waals surface area contributed by atoms with Crippen molar-refractivity contribution in [1.82, 2.24) is 15.0 Å². The van der Waals surface area contributed by atoms with Crippen molar-refractivity contribution >= 4 is 5.82 Å². The smallest absolute Gasteiger partial charge is 0.165 e. The molecule has 0 saturated heterocycles. The summed E-state index contributed by atoms with van der Waals surface area (Å²) in [5, 5.41) is 8.06. The van der Waals surface area contributed by atoms with Gasteiger partial charge in [-0.3, -0.25) is 0 Å². The van der Waals surface area contributed by atoms with Crippen LogP contribution in [0.15, 0.2) is 6.20 Å². The number of aryl methyl sites for hydroxylation is 1. The van der Waals surface area contributed by atoms with Gasteiger partial charge in [0.15, 0.2) is 5.82 Å². The first-order valence-corrected chi connectivity index (χ1v) is 5.48. The Morgan fingerprint density at radius 2 is 1.93 bits per heavy atom. The Balaban J connectivity index is 1.99. The standard InChI is InChI=1S/C10H20N4/c1-2-3-4-5-6-7-8-14-12-9-10(11)13-14/h9H,2-8H2,1H3,(H2,11,13). The predicted molar refractivity (Wildman–Crippen MR) is 57.8 cm³/mol. The second kappa shape index (κ2) is 6.40. The molecule has 0 fully saturated rings. The van der Waals surface area contributed by atoms with E-state index in [0.29, 0.717) is 5.82 Å². The minimum atomic E-state index is 0.510. The van der Waals surface area contributed by atoms with Crippen molar-refractivity contribution in [3.8, 4) is 0 Å². The average molecular weight is 196 g/mol. The highest BCUT2D eigenvalue weighted by atomic mass is 15.5. The van der Waals surface area contributed by atoms with Crippen LogP contribution >= 0.6 is 0 Å². The lowest BCUT2D eigenvalue weighted by molar-refractivity contribution is 0.484. The lowest BCUT2D eigenvalue weighted by Crippen LogP contribution is -2.02. The van der Waals surface area contributed by atoms with Crippen molar-refractivity contribution < 1.29 is 0 Å². The molecule has 0 radical (unpaired) electrons. The molecule has 0 saturated carbocycles. The van der Waals surface area contributed by atoms with Gasteiger partial charge in [0.25, 0.3) is 0 Å².